The van der Waals surface area contributed by atoms with Crippen molar-refractivity contribution in [2.75, 3.05) is 0 Å². The number of halogens is 2. The molecular formula is C10H10Cl2O. The van der Waals surface area contributed by atoms with E-state index in [1.807, 2.05) is 0 Å². The molecule has 1 aromatic rings. The number of hydrogen-bond donors (Lipinski definition) is 0. The first-order chi connectivity index (χ1) is 5.99. The SMILES string of the molecule is CC(C)(C=O)c1c(Cl)cccc1Cl. The Morgan fingerprint density at radius 1 is 1.23 bits per heavy atom. The lowest BCUT2D eigenvalue weighted by Crippen LogP contribution is -2.19. The molecule has 0 heterocycles. The van der Waals surface area contributed by atoms with Crippen LogP contribution < -0.4 is 0 Å². The third-order valence-electron chi connectivity index (χ3n) is 1.90. The van der Waals surface area contributed by atoms with Gasteiger partial charge in [0.25, 0.3) is 0 Å². The van der Waals surface area contributed by atoms with Gasteiger partial charge in [-0.1, -0.05) is 29.3 Å². The van der Waals surface area contributed by atoms with Crippen LogP contribution in [0.5, 0.6) is 0 Å². The van der Waals surface area contributed by atoms with Crippen molar-refractivity contribution < 1.29 is 4.79 Å². The molecule has 1 rings (SSSR count). The molecule has 0 aliphatic heterocycles. The van der Waals surface area contributed by atoms with Crippen LogP contribution in [0, 0.1) is 0 Å². The summed E-state index contributed by atoms with van der Waals surface area (Å²) in [5.41, 5.74) is 0.0587. The maximum atomic E-state index is 10.8. The van der Waals surface area contributed by atoms with Crippen molar-refractivity contribution >= 4 is 29.5 Å². The zero-order chi connectivity index (χ0) is 10.1. The zero-order valence-electron chi connectivity index (χ0n) is 7.47. The lowest BCUT2D eigenvalue weighted by molar-refractivity contribution is -0.111. The summed E-state index contributed by atoms with van der Waals surface area (Å²) in [5.74, 6) is 0. The van der Waals surface area contributed by atoms with Gasteiger partial charge in [0.05, 0.1) is 0 Å². The summed E-state index contributed by atoms with van der Waals surface area (Å²) in [4.78, 5) is 10.8. The van der Waals surface area contributed by atoms with Crippen LogP contribution in [0.4, 0.5) is 0 Å². The largest absolute Gasteiger partial charge is 0.302 e. The fourth-order valence-corrected chi connectivity index (χ4v) is 2.06. The second-order valence-corrected chi connectivity index (χ2v) is 4.25. The predicted molar refractivity (Wildman–Crippen MR) is 55.6 cm³/mol. The molecule has 0 saturated carbocycles. The van der Waals surface area contributed by atoms with Gasteiger partial charge < -0.3 is 4.79 Å². The maximum Gasteiger partial charge on any atom is 0.130 e. The highest BCUT2D eigenvalue weighted by molar-refractivity contribution is 6.36. The average Bonchev–Trinajstić information content (AvgIpc) is 2.03. The molecular weight excluding hydrogens is 207 g/mol. The Bertz CT molecular complexity index is 311. The minimum Gasteiger partial charge on any atom is -0.302 e. The average molecular weight is 217 g/mol. The van der Waals surface area contributed by atoms with Gasteiger partial charge >= 0.3 is 0 Å². The third kappa shape index (κ3) is 2.04. The Labute approximate surface area is 87.7 Å². The molecule has 0 fully saturated rings. The van der Waals surface area contributed by atoms with E-state index in [2.05, 4.69) is 0 Å². The molecule has 0 radical (unpaired) electrons. The summed E-state index contributed by atoms with van der Waals surface area (Å²) in [5, 5.41) is 1.06. The van der Waals surface area contributed by atoms with Gasteiger partial charge in [0.1, 0.15) is 6.29 Å². The Balaban J connectivity index is 3.36. The third-order valence-corrected chi connectivity index (χ3v) is 2.53. The highest BCUT2D eigenvalue weighted by Crippen LogP contribution is 2.34. The molecule has 0 unspecified atom stereocenters. The summed E-state index contributed by atoms with van der Waals surface area (Å²) in [6.45, 7) is 3.57. The quantitative estimate of drug-likeness (QED) is 0.693. The molecule has 0 spiro atoms. The van der Waals surface area contributed by atoms with Gasteiger partial charge in [0, 0.05) is 21.0 Å². The Hall–Kier alpha value is -0.530. The number of aldehydes is 1. The molecule has 0 aliphatic rings. The Kier molecular flexibility index (Phi) is 2.99. The summed E-state index contributed by atoms with van der Waals surface area (Å²) < 4.78 is 0. The second-order valence-electron chi connectivity index (χ2n) is 3.44. The molecule has 0 aromatic heterocycles. The molecule has 70 valence electrons. The molecule has 13 heavy (non-hydrogen) atoms. The van der Waals surface area contributed by atoms with Crippen molar-refractivity contribution in [2.45, 2.75) is 19.3 Å². The lowest BCUT2D eigenvalue weighted by Gasteiger charge is -2.20. The second kappa shape index (κ2) is 3.69. The van der Waals surface area contributed by atoms with E-state index in [-0.39, 0.29) is 0 Å². The van der Waals surface area contributed by atoms with Gasteiger partial charge in [0.2, 0.25) is 0 Å². The van der Waals surface area contributed by atoms with E-state index in [9.17, 15) is 4.79 Å². The topological polar surface area (TPSA) is 17.1 Å². The minimum absolute atomic E-state index is 0.532. The van der Waals surface area contributed by atoms with Gasteiger partial charge in [-0.25, -0.2) is 0 Å². The van der Waals surface area contributed by atoms with Crippen LogP contribution in [0.25, 0.3) is 0 Å². The standard InChI is InChI=1S/C10H10Cl2O/c1-10(2,6-13)9-7(11)4-3-5-8(9)12/h3-6H,1-2H3. The fraction of sp³-hybridized carbons (Fsp3) is 0.300. The van der Waals surface area contributed by atoms with Crippen LogP contribution in [0.15, 0.2) is 18.2 Å². The van der Waals surface area contributed by atoms with Crippen molar-refractivity contribution in [3.63, 3.8) is 0 Å². The van der Waals surface area contributed by atoms with Crippen LogP contribution in [0.3, 0.4) is 0 Å². The maximum absolute atomic E-state index is 10.8. The number of hydrogen-bond acceptors (Lipinski definition) is 1. The van der Waals surface area contributed by atoms with Gasteiger partial charge in [-0.3, -0.25) is 0 Å². The predicted octanol–water partition coefficient (Wildman–Crippen LogP) is 3.47. The van der Waals surface area contributed by atoms with Gasteiger partial charge in [-0.05, 0) is 26.0 Å². The summed E-state index contributed by atoms with van der Waals surface area (Å²) in [7, 11) is 0. The van der Waals surface area contributed by atoms with Gasteiger partial charge in [-0.2, -0.15) is 0 Å². The van der Waals surface area contributed by atoms with E-state index in [0.29, 0.717) is 15.6 Å². The van der Waals surface area contributed by atoms with Crippen molar-refractivity contribution in [1.29, 1.82) is 0 Å². The first kappa shape index (κ1) is 10.6. The number of rotatable bonds is 2. The van der Waals surface area contributed by atoms with E-state index in [1.165, 1.54) is 0 Å². The van der Waals surface area contributed by atoms with Crippen molar-refractivity contribution in [1.82, 2.24) is 0 Å². The van der Waals surface area contributed by atoms with Crippen molar-refractivity contribution in [3.8, 4) is 0 Å². The van der Waals surface area contributed by atoms with Crippen LogP contribution in [-0.2, 0) is 10.2 Å². The molecule has 1 aromatic carbocycles. The smallest absolute Gasteiger partial charge is 0.130 e. The Morgan fingerprint density at radius 3 is 2.08 bits per heavy atom. The number of carbonyl (C=O) groups excluding carboxylic acids is 1. The van der Waals surface area contributed by atoms with Gasteiger partial charge in [-0.15, -0.1) is 0 Å². The molecule has 0 N–H and O–H groups in total. The molecule has 3 heteroatoms. The van der Waals surface area contributed by atoms with Gasteiger partial charge in [0.15, 0.2) is 0 Å². The minimum atomic E-state index is -0.630. The highest BCUT2D eigenvalue weighted by Gasteiger charge is 2.24. The molecule has 0 atom stereocenters. The van der Waals surface area contributed by atoms with Crippen LogP contribution in [0.1, 0.15) is 19.4 Å². The first-order valence-corrected chi connectivity index (χ1v) is 4.65. The fourth-order valence-electron chi connectivity index (χ4n) is 1.17. The van der Waals surface area contributed by atoms with Crippen molar-refractivity contribution in [3.05, 3.63) is 33.8 Å². The lowest BCUT2D eigenvalue weighted by atomic mass is 9.86. The van der Waals surface area contributed by atoms with E-state index in [1.54, 1.807) is 32.0 Å². The van der Waals surface area contributed by atoms with E-state index in [0.717, 1.165) is 6.29 Å². The monoisotopic (exact) mass is 216 g/mol. The number of benzene rings is 1. The molecule has 0 bridgehead atoms. The normalized spacial score (nSPS) is 11.4. The summed E-state index contributed by atoms with van der Waals surface area (Å²) >= 11 is 11.9. The Morgan fingerprint density at radius 2 is 1.69 bits per heavy atom. The molecule has 0 aliphatic carbocycles. The van der Waals surface area contributed by atoms with Crippen molar-refractivity contribution in [2.24, 2.45) is 0 Å². The number of carbonyl (C=O) groups is 1. The summed E-state index contributed by atoms with van der Waals surface area (Å²) in [6, 6.07) is 5.22. The van der Waals surface area contributed by atoms with Crippen LogP contribution in [-0.4, -0.2) is 6.29 Å². The van der Waals surface area contributed by atoms with Crippen LogP contribution >= 0.6 is 23.2 Å². The van der Waals surface area contributed by atoms with E-state index >= 15 is 0 Å². The molecule has 0 amide bonds. The highest BCUT2D eigenvalue weighted by atomic mass is 35.5. The van der Waals surface area contributed by atoms with E-state index < -0.39 is 5.41 Å². The molecule has 0 saturated heterocycles. The first-order valence-electron chi connectivity index (χ1n) is 3.90. The molecule has 1 nitrogen and oxygen atoms in total. The van der Waals surface area contributed by atoms with E-state index in [4.69, 9.17) is 23.2 Å². The zero-order valence-corrected chi connectivity index (χ0v) is 8.99. The summed E-state index contributed by atoms with van der Waals surface area (Å²) in [6.07, 6.45) is 0.847. The van der Waals surface area contributed by atoms with Crippen LogP contribution in [0.2, 0.25) is 10.0 Å².